The van der Waals surface area contributed by atoms with Gasteiger partial charge in [0.1, 0.15) is 42.2 Å². The number of ether oxygens (including phenoxy) is 5. The molecule has 30 nitrogen and oxygen atoms in total. The minimum absolute atomic E-state index is 0.431. The molecular formula is C39H45N6O24P3. The van der Waals surface area contributed by atoms with Gasteiger partial charge < -0.3 is 73.5 Å². The van der Waals surface area contributed by atoms with Crippen LogP contribution in [-0.2, 0) is 37.4 Å². The predicted octanol–water partition coefficient (Wildman–Crippen LogP) is -4.10. The lowest BCUT2D eigenvalue weighted by Gasteiger charge is -2.28. The van der Waals surface area contributed by atoms with Gasteiger partial charge in [-0.25, -0.2) is 14.4 Å². The molecule has 72 heavy (non-hydrogen) atoms. The number of hydrogen-bond acceptors (Lipinski definition) is 18. The smallest absolute Gasteiger partial charge is 0.348 e. The Labute approximate surface area is 401 Å². The monoisotopic (exact) mass is 1070 g/mol. The number of H-pyrrole nitrogens is 3. The highest BCUT2D eigenvalue weighted by atomic mass is 31.2. The standard InChI is InChI=1S/C15H17N2O8P.C12H15N2O8P.C12H13N2O8P/c1-4-15(6-8-26(20,21)22)11-10(23-14(2,3)24-11)12(25-15)17-7-5-9(18)16-13(17)19;2*1-2-12(4-6-23(19,20)21)9(17)8(16)10(22-12)14-5-3-7(15)13-11(14)18/h1,5-8,10-12H,2-3H3,(H,16,18,19)(H2,20,21,22);2-6,8-10,16-17H,1H2,(H,13,15,18)(H2,19,20,21);1,3-6,8-10,16-17H,(H,13,15,18)(H2,19,20,21)/b8-6+;2*6-4+/t10-,11+,12?,15?;2*8-,9+,10?,12?/m111/s1. The minimum Gasteiger partial charge on any atom is -0.387 e. The Morgan fingerprint density at radius 1 is 0.583 bits per heavy atom. The molecule has 0 aromatic carbocycles. The van der Waals surface area contributed by atoms with Gasteiger partial charge in [0, 0.05) is 54.2 Å². The first-order valence-corrected chi connectivity index (χ1v) is 25.1. The van der Waals surface area contributed by atoms with Crippen LogP contribution in [0.5, 0.6) is 0 Å². The van der Waals surface area contributed by atoms with E-state index in [1.807, 2.05) is 15.9 Å². The van der Waals surface area contributed by atoms with Gasteiger partial charge in [-0.1, -0.05) is 24.5 Å². The van der Waals surface area contributed by atoms with E-state index in [1.54, 1.807) is 13.8 Å². The lowest BCUT2D eigenvalue weighted by molar-refractivity contribution is -0.201. The Bertz CT molecular complexity index is 3250. The van der Waals surface area contributed by atoms with Gasteiger partial charge in [-0.05, 0) is 32.1 Å². The molecule has 0 bridgehead atoms. The van der Waals surface area contributed by atoms with Crippen LogP contribution in [0.15, 0.2) is 114 Å². The fourth-order valence-corrected chi connectivity index (χ4v) is 8.59. The van der Waals surface area contributed by atoms with Gasteiger partial charge >= 0.3 is 39.9 Å². The van der Waals surface area contributed by atoms with Crippen LogP contribution >= 0.6 is 22.8 Å². The van der Waals surface area contributed by atoms with E-state index in [0.717, 1.165) is 68.6 Å². The van der Waals surface area contributed by atoms with E-state index in [1.165, 1.54) is 6.20 Å². The van der Waals surface area contributed by atoms with Crippen LogP contribution in [0.2, 0.25) is 0 Å². The highest BCUT2D eigenvalue weighted by Gasteiger charge is 2.63. The Hall–Kier alpha value is -5.79. The lowest BCUT2D eigenvalue weighted by atomic mass is 9.95. The minimum atomic E-state index is -4.59. The summed E-state index contributed by atoms with van der Waals surface area (Å²) in [5.41, 5.74) is -10.0. The van der Waals surface area contributed by atoms with Crippen LogP contribution in [0.4, 0.5) is 0 Å². The molecule has 0 aliphatic carbocycles. The molecule has 13 N–H and O–H groups in total. The van der Waals surface area contributed by atoms with E-state index in [-0.39, 0.29) is 0 Å². The average Bonchev–Trinajstić information content (AvgIpc) is 3.92. The van der Waals surface area contributed by atoms with Gasteiger partial charge in [-0.15, -0.1) is 12.8 Å². The number of aliphatic hydroxyl groups is 4. The third-order valence-corrected chi connectivity index (χ3v) is 12.2. The molecule has 6 unspecified atom stereocenters. The number of nitrogens with one attached hydrogen (secondary N) is 3. The van der Waals surface area contributed by atoms with Gasteiger partial charge in [-0.3, -0.25) is 56.7 Å². The Morgan fingerprint density at radius 2 is 0.958 bits per heavy atom. The third-order valence-electron chi connectivity index (χ3n) is 10.6. The van der Waals surface area contributed by atoms with Crippen LogP contribution in [0, 0.1) is 24.7 Å². The van der Waals surface area contributed by atoms with Crippen molar-refractivity contribution in [3.63, 3.8) is 0 Å². The fourth-order valence-electron chi connectivity index (χ4n) is 7.33. The molecule has 12 atom stereocenters. The number of aromatic amines is 3. The van der Waals surface area contributed by atoms with Crippen LogP contribution in [0.25, 0.3) is 0 Å². The third kappa shape index (κ3) is 12.7. The molecule has 4 aliphatic rings. The molecule has 390 valence electrons. The summed E-state index contributed by atoms with van der Waals surface area (Å²) < 4.78 is 63.9. The Morgan fingerprint density at radius 3 is 1.36 bits per heavy atom. The van der Waals surface area contributed by atoms with Crippen molar-refractivity contribution in [2.75, 3.05) is 0 Å². The number of rotatable bonds is 10. The SMILES string of the molecule is C#CC1(/C=C/P(=O)(O)O)OC(n2ccc(=O)[nH]c2=O)[C@@H]2OC(C)(C)O[C@@H]21.C#CC1(/C=C/P(=O)(O)O)OC(n2ccc(=O)[nH]c2=O)[C@H](O)[C@@H]1O.C=CC1(/C=C/P(=O)(O)O)OC(n2ccc(=O)[nH]c2=O)[C@H](O)[C@@H]1O. The van der Waals surface area contributed by atoms with Crippen molar-refractivity contribution in [2.24, 2.45) is 0 Å². The van der Waals surface area contributed by atoms with Gasteiger partial charge in [0.2, 0.25) is 0 Å². The molecule has 0 spiro atoms. The Kier molecular flexibility index (Phi) is 16.6. The molecule has 0 radical (unpaired) electrons. The van der Waals surface area contributed by atoms with Crippen molar-refractivity contribution in [3.05, 3.63) is 148 Å². The Balaban J connectivity index is 0.000000201. The fraction of sp³-hybridized carbons (Fsp3) is 0.385. The normalized spacial score (nSPS) is 32.1. The van der Waals surface area contributed by atoms with Crippen molar-refractivity contribution in [1.29, 1.82) is 0 Å². The number of aliphatic hydroxyl groups excluding tert-OH is 4. The number of fused-ring (bicyclic) bond motifs is 1. The van der Waals surface area contributed by atoms with Crippen molar-refractivity contribution in [3.8, 4) is 24.7 Å². The second-order valence-electron chi connectivity index (χ2n) is 16.1. The lowest BCUT2D eigenvalue weighted by Crippen LogP contribution is -2.40. The van der Waals surface area contributed by atoms with Crippen LogP contribution in [0.1, 0.15) is 32.5 Å². The summed E-state index contributed by atoms with van der Waals surface area (Å²) in [4.78, 5) is 129. The van der Waals surface area contributed by atoms with Crippen molar-refractivity contribution in [2.45, 2.75) is 91.7 Å². The van der Waals surface area contributed by atoms with Gasteiger partial charge in [0.05, 0.1) is 0 Å². The molecule has 7 rings (SSSR count). The first-order valence-electron chi connectivity index (χ1n) is 20.1. The zero-order valence-electron chi connectivity index (χ0n) is 36.9. The van der Waals surface area contributed by atoms with E-state index >= 15 is 0 Å². The maximum Gasteiger partial charge on any atom is 0.348 e. The number of nitrogens with zero attached hydrogens (tertiary/aromatic N) is 3. The molecule has 0 amide bonds. The van der Waals surface area contributed by atoms with Crippen molar-refractivity contribution < 1.29 is 87.2 Å². The summed E-state index contributed by atoms with van der Waals surface area (Å²) in [7, 11) is -13.7. The van der Waals surface area contributed by atoms with E-state index < -0.39 is 134 Å². The summed E-state index contributed by atoms with van der Waals surface area (Å²) in [6.45, 7) is 6.68. The molecule has 4 fully saturated rings. The highest BCUT2D eigenvalue weighted by Crippen LogP contribution is 2.50. The van der Waals surface area contributed by atoms with E-state index in [0.29, 0.717) is 17.5 Å². The summed E-state index contributed by atoms with van der Waals surface area (Å²) in [6, 6.07) is 3.14. The summed E-state index contributed by atoms with van der Waals surface area (Å²) >= 11 is 0. The molecule has 3 aromatic heterocycles. The molecule has 7 heterocycles. The van der Waals surface area contributed by atoms with Gasteiger partial charge in [-0.2, -0.15) is 0 Å². The van der Waals surface area contributed by atoms with Gasteiger partial charge in [0.25, 0.3) is 16.7 Å². The highest BCUT2D eigenvalue weighted by molar-refractivity contribution is 7.55. The average molecular weight is 1070 g/mol. The van der Waals surface area contributed by atoms with Crippen LogP contribution < -0.4 is 33.7 Å². The van der Waals surface area contributed by atoms with Crippen molar-refractivity contribution in [1.82, 2.24) is 28.7 Å². The second kappa shape index (κ2) is 21.0. The molecular weight excluding hydrogens is 1030 g/mol. The van der Waals surface area contributed by atoms with Gasteiger partial charge in [0.15, 0.2) is 35.7 Å². The summed E-state index contributed by atoms with van der Waals surface area (Å²) in [5, 5.41) is 40.4. The van der Waals surface area contributed by atoms with Crippen molar-refractivity contribution >= 4 is 22.8 Å². The molecule has 4 saturated heterocycles. The molecule has 33 heteroatoms. The van der Waals surface area contributed by atoms with E-state index in [4.69, 9.17) is 65.9 Å². The molecule has 0 saturated carbocycles. The first kappa shape index (κ1) is 57.1. The van der Waals surface area contributed by atoms with Crippen LogP contribution in [-0.4, -0.2) is 138 Å². The zero-order chi connectivity index (χ0) is 54.2. The maximum absolute atomic E-state index is 12.1. The maximum atomic E-state index is 12.1. The molecule has 3 aromatic rings. The van der Waals surface area contributed by atoms with E-state index in [9.17, 15) is 62.9 Å². The summed E-state index contributed by atoms with van der Waals surface area (Å²) in [6.07, 6.45) is 5.41. The first-order chi connectivity index (χ1) is 33.2. The van der Waals surface area contributed by atoms with E-state index in [2.05, 4.69) is 17.5 Å². The topological polar surface area (TPSA) is 464 Å². The summed E-state index contributed by atoms with van der Waals surface area (Å²) in [5.74, 6) is 4.84. The second-order valence-corrected chi connectivity index (χ2v) is 20.5. The predicted molar refractivity (Wildman–Crippen MR) is 242 cm³/mol. The quantitative estimate of drug-likeness (QED) is 0.0521. The van der Waals surface area contributed by atoms with Crippen LogP contribution in [0.3, 0.4) is 0 Å². The number of hydrogen-bond donors (Lipinski definition) is 13. The molecule has 4 aliphatic heterocycles. The number of aromatic nitrogens is 6. The zero-order valence-corrected chi connectivity index (χ0v) is 39.6. The number of terminal acetylenes is 2. The largest absolute Gasteiger partial charge is 0.387 e.